The highest BCUT2D eigenvalue weighted by Crippen LogP contribution is 2.35. The van der Waals surface area contributed by atoms with Crippen molar-refractivity contribution in [1.82, 2.24) is 5.32 Å². The first kappa shape index (κ1) is 12.1. The van der Waals surface area contributed by atoms with Crippen molar-refractivity contribution < 1.29 is 4.79 Å². The molecule has 17 heavy (non-hydrogen) atoms. The Morgan fingerprint density at radius 3 is 2.76 bits per heavy atom. The van der Waals surface area contributed by atoms with Crippen LogP contribution < -0.4 is 11.1 Å². The predicted molar refractivity (Wildman–Crippen MR) is 68.7 cm³/mol. The summed E-state index contributed by atoms with van der Waals surface area (Å²) in [5, 5.41) is 2.81. The molecule has 92 valence electrons. The van der Waals surface area contributed by atoms with E-state index in [9.17, 15) is 4.79 Å². The van der Waals surface area contributed by atoms with Crippen molar-refractivity contribution in [1.29, 1.82) is 0 Å². The summed E-state index contributed by atoms with van der Waals surface area (Å²) in [6, 6.07) is 8.20. The molecule has 0 spiro atoms. The lowest BCUT2D eigenvalue weighted by Crippen LogP contribution is -2.25. The Morgan fingerprint density at radius 2 is 2.12 bits per heavy atom. The standard InChI is InChI=1S/C14H20N2O/c1-2-16-13(17)9-11-4-3-5-12(8-11)10-14(15)6-7-14/h3-5,8H,2,6-7,9-10,15H2,1H3,(H,16,17). The Balaban J connectivity index is 1.98. The van der Waals surface area contributed by atoms with E-state index in [0.717, 1.165) is 24.8 Å². The fourth-order valence-corrected chi connectivity index (χ4v) is 2.04. The molecule has 1 aliphatic rings. The number of rotatable bonds is 5. The van der Waals surface area contributed by atoms with E-state index in [1.165, 1.54) is 5.56 Å². The van der Waals surface area contributed by atoms with Crippen LogP contribution in [0.3, 0.4) is 0 Å². The molecule has 0 radical (unpaired) electrons. The zero-order valence-corrected chi connectivity index (χ0v) is 10.3. The Labute approximate surface area is 102 Å². The number of benzene rings is 1. The molecule has 0 atom stereocenters. The minimum Gasteiger partial charge on any atom is -0.356 e. The molecule has 3 heteroatoms. The second kappa shape index (κ2) is 4.88. The zero-order chi connectivity index (χ0) is 12.3. The number of nitrogens with two attached hydrogens (primary N) is 1. The third kappa shape index (κ3) is 3.56. The number of carbonyl (C=O) groups excluding carboxylic acids is 1. The average Bonchev–Trinajstić information content (AvgIpc) is 2.96. The Morgan fingerprint density at radius 1 is 1.41 bits per heavy atom. The molecular weight excluding hydrogens is 212 g/mol. The highest BCUT2D eigenvalue weighted by atomic mass is 16.1. The number of nitrogens with one attached hydrogen (secondary N) is 1. The van der Waals surface area contributed by atoms with E-state index in [4.69, 9.17) is 5.73 Å². The van der Waals surface area contributed by atoms with Gasteiger partial charge in [-0.05, 0) is 37.3 Å². The molecule has 1 aromatic carbocycles. The largest absolute Gasteiger partial charge is 0.356 e. The highest BCUT2D eigenvalue weighted by Gasteiger charge is 2.37. The Kier molecular flexibility index (Phi) is 3.48. The van der Waals surface area contributed by atoms with Gasteiger partial charge in [0.2, 0.25) is 5.91 Å². The maximum atomic E-state index is 11.5. The van der Waals surface area contributed by atoms with Crippen molar-refractivity contribution in [3.8, 4) is 0 Å². The second-order valence-corrected chi connectivity index (χ2v) is 4.99. The second-order valence-electron chi connectivity index (χ2n) is 4.99. The van der Waals surface area contributed by atoms with Gasteiger partial charge >= 0.3 is 0 Å². The zero-order valence-electron chi connectivity index (χ0n) is 10.3. The Bertz CT molecular complexity index is 410. The Hall–Kier alpha value is -1.35. The SMILES string of the molecule is CCNC(=O)Cc1cccc(CC2(N)CC2)c1. The molecule has 1 aliphatic carbocycles. The summed E-state index contributed by atoms with van der Waals surface area (Å²) in [6.45, 7) is 2.62. The lowest BCUT2D eigenvalue weighted by atomic mass is 10.0. The summed E-state index contributed by atoms with van der Waals surface area (Å²) in [6.07, 6.45) is 3.62. The molecular formula is C14H20N2O. The normalized spacial score (nSPS) is 16.6. The van der Waals surface area contributed by atoms with Crippen LogP contribution in [0.5, 0.6) is 0 Å². The van der Waals surface area contributed by atoms with Crippen LogP contribution in [0.1, 0.15) is 30.9 Å². The van der Waals surface area contributed by atoms with Gasteiger partial charge in [0.1, 0.15) is 0 Å². The molecule has 0 saturated heterocycles. The van der Waals surface area contributed by atoms with Gasteiger partial charge < -0.3 is 11.1 Å². The van der Waals surface area contributed by atoms with Crippen molar-refractivity contribution in [3.05, 3.63) is 35.4 Å². The number of hydrogen-bond donors (Lipinski definition) is 2. The minimum atomic E-state index is 0.0320. The summed E-state index contributed by atoms with van der Waals surface area (Å²) in [5.74, 6) is 0.0820. The molecule has 0 aromatic heterocycles. The van der Waals surface area contributed by atoms with Crippen LogP contribution in [0.25, 0.3) is 0 Å². The number of amides is 1. The van der Waals surface area contributed by atoms with E-state index >= 15 is 0 Å². The minimum absolute atomic E-state index is 0.0320. The van der Waals surface area contributed by atoms with Gasteiger partial charge in [-0.2, -0.15) is 0 Å². The van der Waals surface area contributed by atoms with Gasteiger partial charge in [-0.25, -0.2) is 0 Å². The molecule has 0 unspecified atom stereocenters. The van der Waals surface area contributed by atoms with E-state index in [-0.39, 0.29) is 11.4 Å². The molecule has 0 aliphatic heterocycles. The van der Waals surface area contributed by atoms with Gasteiger partial charge in [0.05, 0.1) is 6.42 Å². The van der Waals surface area contributed by atoms with E-state index in [0.29, 0.717) is 13.0 Å². The fourth-order valence-electron chi connectivity index (χ4n) is 2.04. The van der Waals surface area contributed by atoms with Gasteiger partial charge in [-0.1, -0.05) is 24.3 Å². The van der Waals surface area contributed by atoms with Gasteiger partial charge in [-0.15, -0.1) is 0 Å². The average molecular weight is 232 g/mol. The number of carbonyl (C=O) groups is 1. The molecule has 3 N–H and O–H groups in total. The quantitative estimate of drug-likeness (QED) is 0.806. The first-order valence-corrected chi connectivity index (χ1v) is 6.25. The number of likely N-dealkylation sites (N-methyl/N-ethyl adjacent to an activating group) is 1. The van der Waals surface area contributed by atoms with E-state index in [1.807, 2.05) is 19.1 Å². The van der Waals surface area contributed by atoms with Crippen molar-refractivity contribution in [2.45, 2.75) is 38.1 Å². The summed E-state index contributed by atoms with van der Waals surface area (Å²) < 4.78 is 0. The first-order valence-electron chi connectivity index (χ1n) is 6.25. The highest BCUT2D eigenvalue weighted by molar-refractivity contribution is 5.78. The molecule has 1 amide bonds. The summed E-state index contributed by atoms with van der Waals surface area (Å²) in [4.78, 5) is 11.5. The smallest absolute Gasteiger partial charge is 0.224 e. The van der Waals surface area contributed by atoms with Crippen LogP contribution in [0.15, 0.2) is 24.3 Å². The third-order valence-electron chi connectivity index (χ3n) is 3.18. The van der Waals surface area contributed by atoms with Crippen LogP contribution in [0, 0.1) is 0 Å². The third-order valence-corrected chi connectivity index (χ3v) is 3.18. The molecule has 1 fully saturated rings. The molecule has 0 bridgehead atoms. The topological polar surface area (TPSA) is 55.1 Å². The van der Waals surface area contributed by atoms with Crippen LogP contribution in [0.4, 0.5) is 0 Å². The molecule has 2 rings (SSSR count). The molecule has 1 aromatic rings. The van der Waals surface area contributed by atoms with Crippen molar-refractivity contribution >= 4 is 5.91 Å². The maximum Gasteiger partial charge on any atom is 0.224 e. The van der Waals surface area contributed by atoms with E-state index in [2.05, 4.69) is 17.4 Å². The molecule has 0 heterocycles. The van der Waals surface area contributed by atoms with Crippen molar-refractivity contribution in [3.63, 3.8) is 0 Å². The summed E-state index contributed by atoms with van der Waals surface area (Å²) in [7, 11) is 0. The fraction of sp³-hybridized carbons (Fsp3) is 0.500. The van der Waals surface area contributed by atoms with Crippen molar-refractivity contribution in [2.75, 3.05) is 6.54 Å². The van der Waals surface area contributed by atoms with Crippen LogP contribution >= 0.6 is 0 Å². The van der Waals surface area contributed by atoms with Gasteiger partial charge in [0.15, 0.2) is 0 Å². The van der Waals surface area contributed by atoms with Gasteiger partial charge in [0, 0.05) is 12.1 Å². The van der Waals surface area contributed by atoms with Crippen LogP contribution in [0.2, 0.25) is 0 Å². The lowest BCUT2D eigenvalue weighted by Gasteiger charge is -2.10. The monoisotopic (exact) mass is 232 g/mol. The molecule has 3 nitrogen and oxygen atoms in total. The van der Waals surface area contributed by atoms with E-state index in [1.54, 1.807) is 0 Å². The van der Waals surface area contributed by atoms with Gasteiger partial charge in [0.25, 0.3) is 0 Å². The maximum absolute atomic E-state index is 11.5. The number of hydrogen-bond acceptors (Lipinski definition) is 2. The van der Waals surface area contributed by atoms with Crippen LogP contribution in [-0.2, 0) is 17.6 Å². The van der Waals surface area contributed by atoms with Crippen LogP contribution in [-0.4, -0.2) is 18.0 Å². The van der Waals surface area contributed by atoms with Gasteiger partial charge in [-0.3, -0.25) is 4.79 Å². The summed E-state index contributed by atoms with van der Waals surface area (Å²) >= 11 is 0. The summed E-state index contributed by atoms with van der Waals surface area (Å²) in [5.41, 5.74) is 8.44. The predicted octanol–water partition coefficient (Wildman–Crippen LogP) is 1.40. The first-order chi connectivity index (χ1) is 8.11. The van der Waals surface area contributed by atoms with E-state index < -0.39 is 0 Å². The lowest BCUT2D eigenvalue weighted by molar-refractivity contribution is -0.120. The van der Waals surface area contributed by atoms with Crippen molar-refractivity contribution in [2.24, 2.45) is 5.73 Å². The molecule has 1 saturated carbocycles.